The minimum atomic E-state index is -1.22. The van der Waals surface area contributed by atoms with Crippen molar-refractivity contribution in [2.75, 3.05) is 6.54 Å². The highest BCUT2D eigenvalue weighted by molar-refractivity contribution is 5.87. The maximum atomic E-state index is 13.7. The molecule has 0 saturated heterocycles. The lowest BCUT2D eigenvalue weighted by molar-refractivity contribution is 0.0692. The number of rotatable bonds is 8. The van der Waals surface area contributed by atoms with E-state index < -0.39 is 11.8 Å². The molecule has 0 amide bonds. The Kier molecular flexibility index (Phi) is 6.65. The fourth-order valence-electron chi connectivity index (χ4n) is 2.14. The lowest BCUT2D eigenvalue weighted by Crippen LogP contribution is -2.33. The molecule has 4 heteroatoms. The Labute approximate surface area is 120 Å². The average molecular weight is 281 g/mol. The second-order valence-corrected chi connectivity index (χ2v) is 5.20. The lowest BCUT2D eigenvalue weighted by Gasteiger charge is -2.28. The summed E-state index contributed by atoms with van der Waals surface area (Å²) in [7, 11) is 0. The third kappa shape index (κ3) is 4.60. The first-order valence-corrected chi connectivity index (χ1v) is 7.25. The molecule has 20 heavy (non-hydrogen) atoms. The number of unbranched alkanes of at least 4 members (excludes halogenated alkanes) is 1. The summed E-state index contributed by atoms with van der Waals surface area (Å²) >= 11 is 0. The summed E-state index contributed by atoms with van der Waals surface area (Å²) in [6.45, 7) is 8.09. The van der Waals surface area contributed by atoms with Gasteiger partial charge in [0.15, 0.2) is 0 Å². The van der Waals surface area contributed by atoms with Crippen LogP contribution in [0.3, 0.4) is 0 Å². The first-order valence-electron chi connectivity index (χ1n) is 7.25. The van der Waals surface area contributed by atoms with Gasteiger partial charge in [-0.05, 0) is 44.0 Å². The van der Waals surface area contributed by atoms with Crippen molar-refractivity contribution in [3.05, 3.63) is 35.1 Å². The number of halogens is 1. The van der Waals surface area contributed by atoms with Gasteiger partial charge >= 0.3 is 5.97 Å². The molecule has 0 aromatic heterocycles. The zero-order valence-corrected chi connectivity index (χ0v) is 12.5. The molecule has 0 saturated carbocycles. The Hall–Kier alpha value is -1.42. The van der Waals surface area contributed by atoms with Gasteiger partial charge in [-0.25, -0.2) is 9.18 Å². The van der Waals surface area contributed by atoms with Gasteiger partial charge in [0.1, 0.15) is 5.82 Å². The van der Waals surface area contributed by atoms with Crippen LogP contribution in [-0.4, -0.2) is 28.6 Å². The van der Waals surface area contributed by atoms with E-state index in [1.54, 1.807) is 6.07 Å². The van der Waals surface area contributed by atoms with Crippen LogP contribution in [0.15, 0.2) is 18.2 Å². The van der Waals surface area contributed by atoms with Gasteiger partial charge in [0.25, 0.3) is 0 Å². The molecule has 0 aliphatic rings. The normalized spacial score (nSPS) is 12.7. The van der Waals surface area contributed by atoms with Crippen LogP contribution in [0.4, 0.5) is 4.39 Å². The number of aromatic carboxylic acids is 1. The zero-order chi connectivity index (χ0) is 15.1. The van der Waals surface area contributed by atoms with Crippen molar-refractivity contribution in [1.29, 1.82) is 0 Å². The highest BCUT2D eigenvalue weighted by Crippen LogP contribution is 2.15. The van der Waals surface area contributed by atoms with Crippen LogP contribution in [0.5, 0.6) is 0 Å². The number of carbonyl (C=O) groups is 1. The third-order valence-corrected chi connectivity index (χ3v) is 3.66. The van der Waals surface area contributed by atoms with E-state index in [1.807, 2.05) is 0 Å². The van der Waals surface area contributed by atoms with Gasteiger partial charge in [0.2, 0.25) is 0 Å². The molecule has 0 aliphatic carbocycles. The standard InChI is InChI=1S/C16H24FNO2/c1-4-6-9-18(12(3)5-2)11-13-7-8-14(16(19)20)15(17)10-13/h7-8,10,12H,4-6,9,11H2,1-3H3,(H,19,20). The van der Waals surface area contributed by atoms with E-state index >= 15 is 0 Å². The predicted molar refractivity (Wildman–Crippen MR) is 78.4 cm³/mol. The summed E-state index contributed by atoms with van der Waals surface area (Å²) in [6.07, 6.45) is 3.28. The van der Waals surface area contributed by atoms with Gasteiger partial charge < -0.3 is 5.11 Å². The van der Waals surface area contributed by atoms with Gasteiger partial charge in [0.05, 0.1) is 5.56 Å². The van der Waals surface area contributed by atoms with Gasteiger partial charge in [-0.1, -0.05) is 26.3 Å². The molecule has 0 aliphatic heterocycles. The lowest BCUT2D eigenvalue weighted by atomic mass is 10.1. The maximum Gasteiger partial charge on any atom is 0.338 e. The third-order valence-electron chi connectivity index (χ3n) is 3.66. The van der Waals surface area contributed by atoms with Gasteiger partial charge in [0, 0.05) is 12.6 Å². The molecule has 0 fully saturated rings. The second-order valence-electron chi connectivity index (χ2n) is 5.20. The summed E-state index contributed by atoms with van der Waals surface area (Å²) in [6, 6.07) is 4.82. The van der Waals surface area contributed by atoms with Crippen LogP contribution >= 0.6 is 0 Å². The molecule has 0 heterocycles. The Morgan fingerprint density at radius 1 is 1.40 bits per heavy atom. The van der Waals surface area contributed by atoms with E-state index in [0.29, 0.717) is 12.6 Å². The molecule has 0 radical (unpaired) electrons. The van der Waals surface area contributed by atoms with E-state index in [-0.39, 0.29) is 5.56 Å². The molecular weight excluding hydrogens is 257 g/mol. The largest absolute Gasteiger partial charge is 0.478 e. The van der Waals surface area contributed by atoms with E-state index in [1.165, 1.54) is 12.1 Å². The molecule has 1 atom stereocenters. The molecule has 1 N–H and O–H groups in total. The van der Waals surface area contributed by atoms with Crippen molar-refractivity contribution >= 4 is 5.97 Å². The highest BCUT2D eigenvalue weighted by atomic mass is 19.1. The number of carboxylic acids is 1. The average Bonchev–Trinajstić information content (AvgIpc) is 2.42. The molecule has 1 aromatic rings. The number of hydrogen-bond donors (Lipinski definition) is 1. The minimum absolute atomic E-state index is 0.266. The van der Waals surface area contributed by atoms with Crippen molar-refractivity contribution in [2.45, 2.75) is 52.6 Å². The summed E-state index contributed by atoms with van der Waals surface area (Å²) in [4.78, 5) is 13.1. The predicted octanol–water partition coefficient (Wildman–Crippen LogP) is 3.92. The number of carboxylic acid groups (broad SMARTS) is 1. The Bertz CT molecular complexity index is 448. The summed E-state index contributed by atoms with van der Waals surface area (Å²) < 4.78 is 13.7. The fourth-order valence-corrected chi connectivity index (χ4v) is 2.14. The van der Waals surface area contributed by atoms with Crippen LogP contribution in [0.25, 0.3) is 0 Å². The van der Waals surface area contributed by atoms with Crippen LogP contribution in [0.1, 0.15) is 56.0 Å². The van der Waals surface area contributed by atoms with Crippen molar-refractivity contribution in [2.24, 2.45) is 0 Å². The fraction of sp³-hybridized carbons (Fsp3) is 0.562. The van der Waals surface area contributed by atoms with Crippen molar-refractivity contribution in [3.8, 4) is 0 Å². The number of hydrogen-bond acceptors (Lipinski definition) is 2. The molecule has 1 aromatic carbocycles. The van der Waals surface area contributed by atoms with E-state index in [9.17, 15) is 9.18 Å². The topological polar surface area (TPSA) is 40.5 Å². The van der Waals surface area contributed by atoms with Crippen LogP contribution in [0.2, 0.25) is 0 Å². The summed E-state index contributed by atoms with van der Waals surface area (Å²) in [5, 5.41) is 8.83. The van der Waals surface area contributed by atoms with E-state index in [0.717, 1.165) is 31.4 Å². The van der Waals surface area contributed by atoms with Crippen molar-refractivity contribution in [1.82, 2.24) is 4.90 Å². The molecular formula is C16H24FNO2. The Morgan fingerprint density at radius 2 is 2.10 bits per heavy atom. The number of benzene rings is 1. The quantitative estimate of drug-likeness (QED) is 0.785. The first-order chi connectivity index (χ1) is 9.49. The molecule has 1 unspecified atom stereocenters. The van der Waals surface area contributed by atoms with Crippen LogP contribution in [0, 0.1) is 5.82 Å². The molecule has 3 nitrogen and oxygen atoms in total. The minimum Gasteiger partial charge on any atom is -0.478 e. The van der Waals surface area contributed by atoms with Crippen molar-refractivity contribution in [3.63, 3.8) is 0 Å². The summed E-state index contributed by atoms with van der Waals surface area (Å²) in [5.41, 5.74) is 0.557. The Balaban J connectivity index is 2.82. The monoisotopic (exact) mass is 281 g/mol. The van der Waals surface area contributed by atoms with Crippen molar-refractivity contribution < 1.29 is 14.3 Å². The molecule has 1 rings (SSSR count). The van der Waals surface area contributed by atoms with E-state index in [4.69, 9.17) is 5.11 Å². The zero-order valence-electron chi connectivity index (χ0n) is 12.5. The molecule has 0 spiro atoms. The highest BCUT2D eigenvalue weighted by Gasteiger charge is 2.15. The number of nitrogens with zero attached hydrogens (tertiary/aromatic N) is 1. The molecule has 0 bridgehead atoms. The van der Waals surface area contributed by atoms with Gasteiger partial charge in [-0.15, -0.1) is 0 Å². The second kappa shape index (κ2) is 8.00. The van der Waals surface area contributed by atoms with Gasteiger partial charge in [-0.2, -0.15) is 0 Å². The SMILES string of the molecule is CCCCN(Cc1ccc(C(=O)O)c(F)c1)C(C)CC. The van der Waals surface area contributed by atoms with Gasteiger partial charge in [-0.3, -0.25) is 4.90 Å². The molecule has 112 valence electrons. The summed E-state index contributed by atoms with van der Waals surface area (Å²) in [5.74, 6) is -1.88. The Morgan fingerprint density at radius 3 is 2.60 bits per heavy atom. The maximum absolute atomic E-state index is 13.7. The van der Waals surface area contributed by atoms with Crippen LogP contribution < -0.4 is 0 Å². The van der Waals surface area contributed by atoms with E-state index in [2.05, 4.69) is 25.7 Å². The first kappa shape index (κ1) is 16.6. The smallest absolute Gasteiger partial charge is 0.338 e. The van der Waals surface area contributed by atoms with Crippen LogP contribution in [-0.2, 0) is 6.54 Å².